The van der Waals surface area contributed by atoms with Crippen LogP contribution in [0.1, 0.15) is 174 Å². The molecule has 20 heteroatoms. The first-order valence-electron chi connectivity index (χ1n) is 29.8. The lowest BCUT2D eigenvalue weighted by atomic mass is 9.95. The number of nitrogens with zero attached hydrogens (tertiary/aromatic N) is 4. The summed E-state index contributed by atoms with van der Waals surface area (Å²) in [5, 5.41) is 0. The van der Waals surface area contributed by atoms with Crippen molar-refractivity contribution in [2.24, 2.45) is 47.3 Å². The van der Waals surface area contributed by atoms with Crippen LogP contribution in [0.2, 0.25) is 0 Å². The zero-order valence-corrected chi connectivity index (χ0v) is 51.8. The minimum absolute atomic E-state index is 0.111. The Labute approximate surface area is 487 Å². The van der Waals surface area contributed by atoms with Crippen molar-refractivity contribution < 1.29 is 76.4 Å². The third-order valence-electron chi connectivity index (χ3n) is 16.4. The molecule has 0 radical (unpaired) electrons. The fourth-order valence-corrected chi connectivity index (χ4v) is 10.9. The van der Waals surface area contributed by atoms with Crippen LogP contribution in [-0.2, 0) is 76.4 Å². The van der Waals surface area contributed by atoms with Gasteiger partial charge < -0.3 is 48.0 Å². The van der Waals surface area contributed by atoms with Crippen LogP contribution >= 0.6 is 0 Å². The van der Waals surface area contributed by atoms with Crippen molar-refractivity contribution in [1.82, 2.24) is 19.6 Å². The first kappa shape index (κ1) is 70.1. The zero-order chi connectivity index (χ0) is 62.0. The van der Waals surface area contributed by atoms with E-state index in [2.05, 4.69) is 11.8 Å². The van der Waals surface area contributed by atoms with E-state index in [9.17, 15) is 47.9 Å². The lowest BCUT2D eigenvalue weighted by molar-refractivity contribution is -0.185. The highest BCUT2D eigenvalue weighted by atomic mass is 16.6. The molecular formula is C62H96N4O16. The predicted molar refractivity (Wildman–Crippen MR) is 304 cm³/mol. The molecule has 3 rings (SSSR count). The van der Waals surface area contributed by atoms with Gasteiger partial charge in [-0.3, -0.25) is 19.2 Å². The number of unbranched alkanes of at least 4 members (excludes halogenated alkanes) is 2. The Hall–Kier alpha value is -6.18. The van der Waals surface area contributed by atoms with Crippen molar-refractivity contribution in [1.29, 1.82) is 0 Å². The molecule has 0 bridgehead atoms. The maximum atomic E-state index is 14.7. The molecule has 460 valence electrons. The van der Waals surface area contributed by atoms with E-state index in [-0.39, 0.29) is 51.6 Å². The van der Waals surface area contributed by atoms with E-state index in [1.165, 1.54) is 33.7 Å². The average Bonchev–Trinajstić information content (AvgIpc) is 4.14. The molecule has 0 aliphatic carbocycles. The number of rotatable bonds is 14. The number of ether oxygens (including phenoxy) is 6. The van der Waals surface area contributed by atoms with Gasteiger partial charge in [0.25, 0.3) is 11.8 Å². The Morgan fingerprint density at radius 3 is 1.05 bits per heavy atom. The van der Waals surface area contributed by atoms with E-state index >= 15 is 0 Å². The molecular weight excluding hydrogens is 1060 g/mol. The lowest BCUT2D eigenvalue weighted by Crippen LogP contribution is -2.54. The fraction of sp³-hybridized carbons (Fsp3) is 0.774. The first-order valence-corrected chi connectivity index (χ1v) is 29.8. The third kappa shape index (κ3) is 17.9. The summed E-state index contributed by atoms with van der Waals surface area (Å²) in [5.41, 5.74) is 0. The summed E-state index contributed by atoms with van der Waals surface area (Å²) in [6.45, 7) is 23.7. The second-order valence-electron chi connectivity index (χ2n) is 24.1. The fourth-order valence-electron chi connectivity index (χ4n) is 10.9. The first-order chi connectivity index (χ1) is 38.5. The van der Waals surface area contributed by atoms with Crippen LogP contribution in [-0.4, -0.2) is 167 Å². The van der Waals surface area contributed by atoms with Gasteiger partial charge in [-0.25, -0.2) is 28.8 Å². The molecule has 12 unspecified atom stereocenters. The van der Waals surface area contributed by atoms with E-state index in [1.807, 2.05) is 0 Å². The van der Waals surface area contributed by atoms with Gasteiger partial charge in [0, 0.05) is 63.7 Å². The van der Waals surface area contributed by atoms with E-state index in [1.54, 1.807) is 96.9 Å². The molecule has 20 nitrogen and oxygen atoms in total. The quantitative estimate of drug-likeness (QED) is 0.0761. The highest BCUT2D eigenvalue weighted by Gasteiger charge is 2.48. The van der Waals surface area contributed by atoms with E-state index in [0.717, 1.165) is 0 Å². The molecule has 82 heavy (non-hydrogen) atoms. The Kier molecular flexibility index (Phi) is 27.9. The number of amides is 4. The van der Waals surface area contributed by atoms with Gasteiger partial charge in [-0.1, -0.05) is 96.9 Å². The summed E-state index contributed by atoms with van der Waals surface area (Å²) in [6.07, 6.45) is 6.55. The standard InChI is InChI=1S/C62H96N4O16/c1-19-23-25-31-45-41(15)53(67)63(17)47(35(5)6)59(73)79-49(37(9)10)61(75)82-52(40(14)22-4)56(70)66-34-28-30-44(66)58(72)78-46(32-26-24-20-2)42(16)54(68)64(18)48(36(7)8)60(74)80-50(38(11)12)62(76)81-51(39(13)21-3)55(69)65-33-27-29-43(65)57(71)77-45/h1-2,35-52H,21-34H2,3-18H3/t39?,40?,41?,42?,43?,44?,45-,46-,47?,48?,49?,50?,51?,52?/m1/s1. The molecule has 0 N–H and O–H groups in total. The Bertz CT molecular complexity index is 2160. The van der Waals surface area contributed by atoms with Crippen LogP contribution in [0.15, 0.2) is 0 Å². The molecule has 0 spiro atoms. The molecule has 14 atom stereocenters. The van der Waals surface area contributed by atoms with Crippen molar-refractivity contribution in [2.45, 2.75) is 235 Å². The van der Waals surface area contributed by atoms with E-state index in [0.29, 0.717) is 38.5 Å². The number of cyclic esters (lactones) is 6. The molecule has 0 aromatic heterocycles. The topological polar surface area (TPSA) is 239 Å². The summed E-state index contributed by atoms with van der Waals surface area (Å²) in [6, 6.07) is -4.81. The summed E-state index contributed by atoms with van der Waals surface area (Å²) in [4.78, 5) is 150. The van der Waals surface area contributed by atoms with Gasteiger partial charge in [0.05, 0.1) is 11.8 Å². The van der Waals surface area contributed by atoms with E-state index in [4.69, 9.17) is 41.3 Å². The smallest absolute Gasteiger partial charge is 0.348 e. The molecule has 3 heterocycles. The maximum Gasteiger partial charge on any atom is 0.348 e. The summed E-state index contributed by atoms with van der Waals surface area (Å²) < 4.78 is 36.3. The zero-order valence-electron chi connectivity index (χ0n) is 51.8. The Morgan fingerprint density at radius 1 is 0.451 bits per heavy atom. The number of carbonyl (C=O) groups is 10. The van der Waals surface area contributed by atoms with Gasteiger partial charge in [0.1, 0.15) is 36.4 Å². The summed E-state index contributed by atoms with van der Waals surface area (Å²) >= 11 is 0. The number of carbonyl (C=O) groups excluding carboxylic acids is 10. The molecule has 4 amide bonds. The van der Waals surface area contributed by atoms with Gasteiger partial charge in [-0.2, -0.15) is 0 Å². The number of terminal acetylenes is 2. The second kappa shape index (κ2) is 32.6. The number of esters is 6. The number of hydrogen-bond acceptors (Lipinski definition) is 16. The van der Waals surface area contributed by atoms with Crippen molar-refractivity contribution >= 4 is 59.4 Å². The molecule has 0 aromatic rings. The van der Waals surface area contributed by atoms with Crippen LogP contribution in [0.25, 0.3) is 0 Å². The average molecular weight is 1150 g/mol. The van der Waals surface area contributed by atoms with Crippen LogP contribution < -0.4 is 0 Å². The summed E-state index contributed by atoms with van der Waals surface area (Å²) in [5.74, 6) is -8.72. The van der Waals surface area contributed by atoms with Gasteiger partial charge in [0.2, 0.25) is 24.0 Å². The largest absolute Gasteiger partial charge is 0.460 e. The highest BCUT2D eigenvalue weighted by Crippen LogP contribution is 2.31. The SMILES string of the molecule is C#CCCC[C@H]1OC(=O)C2CCCN2C(=O)C(C(C)CC)OC(=O)C(C(C)C)OC(=O)C(C(C)C)N(C)C(=O)C(C)[C@@H](CCCC#C)OC(=O)C2CCCN2C(=O)C(C(C)CC)OC(=O)C(C(C)C)OC(=O)C(C(C)C)N(C)C(=O)C1C. The van der Waals surface area contributed by atoms with Crippen molar-refractivity contribution in [3.05, 3.63) is 0 Å². The molecule has 3 fully saturated rings. The third-order valence-corrected chi connectivity index (χ3v) is 16.4. The second-order valence-corrected chi connectivity index (χ2v) is 24.1. The number of fused-ring (bicyclic) bond motifs is 2. The molecule has 0 saturated carbocycles. The maximum absolute atomic E-state index is 14.7. The van der Waals surface area contributed by atoms with Crippen LogP contribution in [0.5, 0.6) is 0 Å². The molecule has 3 aliphatic heterocycles. The Morgan fingerprint density at radius 2 is 0.768 bits per heavy atom. The van der Waals surface area contributed by atoms with Crippen LogP contribution in [0.4, 0.5) is 0 Å². The van der Waals surface area contributed by atoms with Gasteiger partial charge >= 0.3 is 35.8 Å². The van der Waals surface area contributed by atoms with Crippen molar-refractivity contribution in [3.63, 3.8) is 0 Å². The van der Waals surface area contributed by atoms with Crippen LogP contribution in [0, 0.1) is 72.0 Å². The molecule has 3 saturated heterocycles. The Balaban J connectivity index is 2.24. The number of likely N-dealkylation sites (N-methyl/N-ethyl adjacent to an activating group) is 2. The lowest BCUT2D eigenvalue weighted by Gasteiger charge is -2.36. The van der Waals surface area contributed by atoms with Gasteiger partial charge in [-0.15, -0.1) is 24.7 Å². The predicted octanol–water partition coefficient (Wildman–Crippen LogP) is 6.70. The van der Waals surface area contributed by atoms with Crippen molar-refractivity contribution in [2.75, 3.05) is 27.2 Å². The van der Waals surface area contributed by atoms with Crippen molar-refractivity contribution in [3.8, 4) is 24.7 Å². The number of hydrogen-bond donors (Lipinski definition) is 0. The minimum atomic E-state index is -1.55. The molecule has 3 aliphatic rings. The van der Waals surface area contributed by atoms with Gasteiger partial charge in [0.15, 0.2) is 12.2 Å². The summed E-state index contributed by atoms with van der Waals surface area (Å²) in [7, 11) is 2.82. The van der Waals surface area contributed by atoms with E-state index < -0.39 is 168 Å². The van der Waals surface area contributed by atoms with Crippen LogP contribution in [0.3, 0.4) is 0 Å². The highest BCUT2D eigenvalue weighted by molar-refractivity contribution is 5.93. The molecule has 0 aromatic carbocycles. The normalized spacial score (nSPS) is 29.6. The minimum Gasteiger partial charge on any atom is -0.460 e. The van der Waals surface area contributed by atoms with Gasteiger partial charge in [-0.05, 0) is 76.0 Å². The monoisotopic (exact) mass is 1150 g/mol.